The van der Waals surface area contributed by atoms with E-state index < -0.39 is 42.8 Å². The van der Waals surface area contributed by atoms with Crippen molar-refractivity contribution in [2.45, 2.75) is 53.9 Å². The molecule has 0 aliphatic carbocycles. The summed E-state index contributed by atoms with van der Waals surface area (Å²) >= 11 is 0. The first kappa shape index (κ1) is 73.4. The van der Waals surface area contributed by atoms with Gasteiger partial charge in [-0.2, -0.15) is 83.2 Å². The van der Waals surface area contributed by atoms with Gasteiger partial charge < -0.3 is 0 Å². The van der Waals surface area contributed by atoms with E-state index in [0.717, 1.165) is 0 Å². The Kier molecular flexibility index (Phi) is 43.0. The van der Waals surface area contributed by atoms with Gasteiger partial charge in [-0.05, 0) is 36.4 Å². The summed E-state index contributed by atoms with van der Waals surface area (Å²) in [5.41, 5.74) is -1.76. The van der Waals surface area contributed by atoms with E-state index in [-0.39, 0.29) is 34.1 Å². The van der Waals surface area contributed by atoms with Crippen LogP contribution in [0.25, 0.3) is 0 Å². The number of allylic oxidation sites excluding steroid dienone is 4. The zero-order valence-corrected chi connectivity index (χ0v) is 43.0. The van der Waals surface area contributed by atoms with Crippen LogP contribution in [0.2, 0.25) is 0 Å². The Morgan fingerprint density at radius 3 is 0.539 bits per heavy atom. The second-order valence-electron chi connectivity index (χ2n) is 12.1. The predicted molar refractivity (Wildman–Crippen MR) is 219 cm³/mol. The van der Waals surface area contributed by atoms with Crippen molar-refractivity contribution in [2.24, 2.45) is 0 Å². The van der Waals surface area contributed by atoms with Crippen LogP contribution < -0.4 is 37.3 Å². The van der Waals surface area contributed by atoms with E-state index in [1.165, 1.54) is 62.4 Å². The summed E-state index contributed by atoms with van der Waals surface area (Å²) in [4.78, 5) is 4.38. The molecule has 76 heavy (non-hydrogen) atoms. The maximum Gasteiger partial charge on any atom is 0.158 e. The third kappa shape index (κ3) is 40.5. The maximum absolute atomic E-state index is 8.49. The predicted octanol–water partition coefficient (Wildman–Crippen LogP) is -6.00. The van der Waals surface area contributed by atoms with Gasteiger partial charge in [0.05, 0.1) is 52.2 Å². The van der Waals surface area contributed by atoms with E-state index in [0.29, 0.717) is 40.0 Å². The molecule has 0 aliphatic heterocycles. The molecule has 32 nitrogen and oxygen atoms in total. The Balaban J connectivity index is -0.000000424. The minimum Gasteiger partial charge on any atom is -0.258 e. The van der Waals surface area contributed by atoms with E-state index in [2.05, 4.69) is 40.4 Å². The minimum absolute atomic E-state index is 0. The molecule has 6 aromatic rings. The Hall–Kier alpha value is -9.14. The molecular formula is C40H36Cl2Mn2N24O8-2. The zero-order valence-electron chi connectivity index (χ0n) is 39.1. The molecule has 0 aliphatic rings. The van der Waals surface area contributed by atoms with Gasteiger partial charge in [0.2, 0.25) is 0 Å². The van der Waals surface area contributed by atoms with Crippen LogP contribution >= 0.6 is 0 Å². The summed E-state index contributed by atoms with van der Waals surface area (Å²) < 4.78 is 79.2. The van der Waals surface area contributed by atoms with E-state index in [9.17, 15) is 0 Å². The van der Waals surface area contributed by atoms with Crippen LogP contribution in [-0.2, 0) is 74.1 Å². The summed E-state index contributed by atoms with van der Waals surface area (Å²) in [6.45, 7) is 6.98. The fourth-order valence-corrected chi connectivity index (χ4v) is 4.35. The van der Waals surface area contributed by atoms with Gasteiger partial charge in [-0.3, -0.25) is 28.1 Å². The van der Waals surface area contributed by atoms with Crippen LogP contribution in [0.1, 0.15) is 13.8 Å². The Morgan fingerprint density at radius 2 is 0.461 bits per heavy atom. The van der Waals surface area contributed by atoms with Gasteiger partial charge in [-0.1, -0.05) is 0 Å². The smallest absolute Gasteiger partial charge is 0.158 e. The van der Waals surface area contributed by atoms with Crippen molar-refractivity contribution in [2.75, 3.05) is 0 Å². The number of aromatic nitrogens is 12. The van der Waals surface area contributed by atoms with Crippen molar-refractivity contribution in [3.8, 4) is 60.7 Å². The second kappa shape index (κ2) is 44.6. The summed E-state index contributed by atoms with van der Waals surface area (Å²) in [6, 6.07) is 26.4. The van der Waals surface area contributed by atoms with Gasteiger partial charge in [0.25, 0.3) is 0 Å². The molecule has 0 fully saturated rings. The molecule has 0 spiro atoms. The summed E-state index contributed by atoms with van der Waals surface area (Å²) in [5, 5.41) is 105. The molecule has 6 rings (SSSR count). The van der Waals surface area contributed by atoms with Gasteiger partial charge in [0, 0.05) is 122 Å². The standard InChI is InChI=1S/2C12H15N7.2C6N4.2C2H3N.2ClHO4.2Mn/c2*1-4-13-17(7-1)10-16(11-18-8-2-5-14-18)12-19-9-3-6-15-19;2*7-1-5(2-8)6(3-9)4-10;2*1-2-3;2*2-1(3,4)5;;/h2*1-9H,10-12H2;;;2*1H3;2*(H,2,3,4,5);;/p-2. The minimum atomic E-state index is -4.94. The first-order valence-electron chi connectivity index (χ1n) is 19.1. The number of nitrogens with zero attached hydrogens (tertiary/aromatic N) is 24. The average molecular weight is 1160 g/mol. The monoisotopic (exact) mass is 1160 g/mol. The normalized spacial score (nSPS) is 8.87. The van der Waals surface area contributed by atoms with Crippen LogP contribution in [0.3, 0.4) is 0 Å². The third-order valence-corrected chi connectivity index (χ3v) is 6.82. The molecule has 394 valence electrons. The second-order valence-corrected chi connectivity index (χ2v) is 13.6. The SMILES string of the molecule is CC#N.CC#N.N#CC(C#N)=C(C#N)C#N.N#CC(C#N)=C(C#N)C#N.[Mn].[Mn].[O-][Cl+3]([O-])([O-])[O-].[O-][Cl+3]([O-])([O-])[O-].c1cnn(CN(Cn2cccn2)Cn2cccn2)c1.c1cnn(CN(Cn2cccn2)Cn2cccn2)c1. The van der Waals surface area contributed by atoms with Gasteiger partial charge >= 0.3 is 0 Å². The van der Waals surface area contributed by atoms with E-state index in [1.54, 1.807) is 49.3 Å². The molecule has 36 heteroatoms. The number of hydrogen-bond donors (Lipinski definition) is 0. The van der Waals surface area contributed by atoms with Crippen LogP contribution in [0.4, 0.5) is 0 Å². The molecule has 0 aromatic carbocycles. The molecule has 0 saturated carbocycles. The van der Waals surface area contributed by atoms with Crippen LogP contribution in [0.15, 0.2) is 133 Å². The van der Waals surface area contributed by atoms with Crippen molar-refractivity contribution < 1.29 is 91.9 Å². The van der Waals surface area contributed by atoms with E-state index in [4.69, 9.17) is 89.9 Å². The fraction of sp³-hybridized carbons (Fsp3) is 0.200. The largest absolute Gasteiger partial charge is 0.258 e. The van der Waals surface area contributed by atoms with Crippen molar-refractivity contribution >= 4 is 0 Å². The number of hydrogen-bond acceptors (Lipinski definition) is 26. The van der Waals surface area contributed by atoms with Gasteiger partial charge in [-0.15, -0.1) is 20.5 Å². The summed E-state index contributed by atoms with van der Waals surface area (Å²) in [6.07, 6.45) is 22.3. The molecule has 0 bridgehead atoms. The Bertz CT molecular complexity index is 2430. The molecular weight excluding hydrogens is 1130 g/mol. The van der Waals surface area contributed by atoms with Crippen molar-refractivity contribution in [1.82, 2.24) is 68.5 Å². The average Bonchev–Trinajstić information content (AvgIpc) is 4.20. The zero-order chi connectivity index (χ0) is 56.2. The number of rotatable bonds is 12. The molecule has 6 heterocycles. The Morgan fingerprint density at radius 1 is 0.342 bits per heavy atom. The van der Waals surface area contributed by atoms with Gasteiger partial charge in [0.15, 0.2) is 22.3 Å². The van der Waals surface area contributed by atoms with Crippen LogP contribution in [0.5, 0.6) is 0 Å². The molecule has 6 aromatic heterocycles. The molecule has 0 saturated heterocycles. The number of nitriles is 10. The third-order valence-electron chi connectivity index (χ3n) is 6.82. The summed E-state index contributed by atoms with van der Waals surface area (Å²) in [5.74, 6) is 0. The molecule has 0 amide bonds. The first-order valence-corrected chi connectivity index (χ1v) is 21.5. The topological polar surface area (TPSA) is 536 Å². The van der Waals surface area contributed by atoms with Crippen LogP contribution in [0, 0.1) is 134 Å². The molecule has 0 unspecified atom stereocenters. The fourth-order valence-electron chi connectivity index (χ4n) is 4.35. The van der Waals surface area contributed by atoms with Gasteiger partial charge in [0.1, 0.15) is 48.6 Å². The quantitative estimate of drug-likeness (QED) is 0.0813. The van der Waals surface area contributed by atoms with Crippen molar-refractivity contribution in [1.29, 1.82) is 52.6 Å². The van der Waals surface area contributed by atoms with Crippen molar-refractivity contribution in [3.05, 3.63) is 133 Å². The molecule has 2 radical (unpaired) electrons. The number of halogens is 2. The maximum atomic E-state index is 8.49. The molecule has 0 atom stereocenters. The first-order chi connectivity index (χ1) is 35.2. The van der Waals surface area contributed by atoms with Crippen molar-refractivity contribution in [3.63, 3.8) is 0 Å². The molecule has 0 N–H and O–H groups in total. The Labute approximate surface area is 458 Å². The van der Waals surface area contributed by atoms with Gasteiger partial charge in [-0.25, -0.2) is 47.1 Å². The van der Waals surface area contributed by atoms with Crippen LogP contribution in [-0.4, -0.2) is 68.5 Å². The van der Waals surface area contributed by atoms with E-state index in [1.807, 2.05) is 102 Å². The van der Waals surface area contributed by atoms with E-state index >= 15 is 0 Å². The summed E-state index contributed by atoms with van der Waals surface area (Å²) in [7, 11) is -9.89.